The van der Waals surface area contributed by atoms with E-state index in [1.165, 1.54) is 24.3 Å². The van der Waals surface area contributed by atoms with Gasteiger partial charge in [-0.05, 0) is 24.3 Å². The minimum atomic E-state index is -3.38. The van der Waals surface area contributed by atoms with Crippen molar-refractivity contribution in [1.82, 2.24) is 0 Å². The van der Waals surface area contributed by atoms with Crippen molar-refractivity contribution in [3.63, 3.8) is 0 Å². The van der Waals surface area contributed by atoms with Crippen LogP contribution in [-0.2, 0) is 0 Å². The summed E-state index contributed by atoms with van der Waals surface area (Å²) >= 11 is 0. The molecule has 0 fully saturated rings. The van der Waals surface area contributed by atoms with Crippen LogP contribution in [0.5, 0.6) is 5.75 Å². The molecule has 0 heterocycles. The molecule has 0 spiro atoms. The number of hydrogen-bond donors (Lipinski definition) is 0. The molecule has 72 valence electrons. The fourth-order valence-electron chi connectivity index (χ4n) is 0.796. The van der Waals surface area contributed by atoms with E-state index in [9.17, 15) is 8.78 Å². The fourth-order valence-corrected chi connectivity index (χ4v) is 0.796. The Morgan fingerprint density at radius 2 is 1.93 bits per heavy atom. The van der Waals surface area contributed by atoms with Gasteiger partial charge in [0.25, 0.3) is 0 Å². The summed E-state index contributed by atoms with van der Waals surface area (Å²) in [5.41, 5.74) is 0.388. The molecule has 0 saturated heterocycles. The zero-order valence-electron chi connectivity index (χ0n) is 7.21. The lowest BCUT2D eigenvalue weighted by molar-refractivity contribution is -0.131. The molecule has 1 aromatic rings. The maximum atomic E-state index is 12.6. The van der Waals surface area contributed by atoms with Crippen molar-refractivity contribution in [1.29, 1.82) is 5.26 Å². The molecule has 0 aliphatic heterocycles. The van der Waals surface area contributed by atoms with Crippen LogP contribution in [0.25, 0.3) is 0 Å². The largest absolute Gasteiger partial charge is 0.429 e. The van der Waals surface area contributed by atoms with E-state index in [1.54, 1.807) is 0 Å². The quantitative estimate of drug-likeness (QED) is 0.694. The highest BCUT2D eigenvalue weighted by atomic mass is 19.3. The molecule has 0 bridgehead atoms. The molecule has 1 rings (SSSR count). The Kier molecular flexibility index (Phi) is 2.82. The van der Waals surface area contributed by atoms with Crippen molar-refractivity contribution in [3.8, 4) is 11.8 Å². The topological polar surface area (TPSA) is 33.0 Å². The van der Waals surface area contributed by atoms with Gasteiger partial charge in [0.2, 0.25) is 0 Å². The van der Waals surface area contributed by atoms with Crippen LogP contribution >= 0.6 is 0 Å². The van der Waals surface area contributed by atoms with Gasteiger partial charge in [0.05, 0.1) is 11.6 Å². The first kappa shape index (κ1) is 10.2. The lowest BCUT2D eigenvalue weighted by Crippen LogP contribution is -2.20. The van der Waals surface area contributed by atoms with Crippen LogP contribution in [0, 0.1) is 11.3 Å². The highest BCUT2D eigenvalue weighted by Gasteiger charge is 2.26. The van der Waals surface area contributed by atoms with Gasteiger partial charge in [0.15, 0.2) is 0 Å². The van der Waals surface area contributed by atoms with E-state index in [0.29, 0.717) is 11.6 Å². The Bertz CT molecular complexity index is 365. The molecule has 0 aliphatic carbocycles. The van der Waals surface area contributed by atoms with Gasteiger partial charge < -0.3 is 4.74 Å². The Balaban J connectivity index is 2.80. The average molecular weight is 195 g/mol. The summed E-state index contributed by atoms with van der Waals surface area (Å²) in [6.45, 7) is 2.93. The van der Waals surface area contributed by atoms with Crippen LogP contribution < -0.4 is 4.74 Å². The predicted octanol–water partition coefficient (Wildman–Crippen LogP) is 2.72. The van der Waals surface area contributed by atoms with Crippen LogP contribution in [0.3, 0.4) is 0 Å². The first-order chi connectivity index (χ1) is 6.57. The average Bonchev–Trinajstić information content (AvgIpc) is 2.19. The summed E-state index contributed by atoms with van der Waals surface area (Å²) in [5, 5.41) is 8.45. The molecule has 0 radical (unpaired) electrons. The van der Waals surface area contributed by atoms with E-state index in [4.69, 9.17) is 5.26 Å². The number of rotatable bonds is 3. The van der Waals surface area contributed by atoms with E-state index >= 15 is 0 Å². The fraction of sp³-hybridized carbons (Fsp3) is 0.100. The molecule has 0 N–H and O–H groups in total. The maximum absolute atomic E-state index is 12.6. The Labute approximate surface area is 80.0 Å². The number of alkyl halides is 2. The molecule has 0 amide bonds. The van der Waals surface area contributed by atoms with Gasteiger partial charge >= 0.3 is 6.11 Å². The van der Waals surface area contributed by atoms with Crippen LogP contribution in [0.4, 0.5) is 8.78 Å². The van der Waals surface area contributed by atoms with Gasteiger partial charge in [-0.3, -0.25) is 0 Å². The van der Waals surface area contributed by atoms with Crippen LogP contribution in [0.2, 0.25) is 0 Å². The second-order valence-electron chi connectivity index (χ2n) is 2.50. The molecular weight excluding hydrogens is 188 g/mol. The normalized spacial score (nSPS) is 10.4. The van der Waals surface area contributed by atoms with Crippen LogP contribution in [0.15, 0.2) is 36.9 Å². The zero-order valence-corrected chi connectivity index (χ0v) is 7.21. The molecule has 4 heteroatoms. The molecule has 14 heavy (non-hydrogen) atoms. The number of benzene rings is 1. The van der Waals surface area contributed by atoms with Gasteiger partial charge in [-0.25, -0.2) is 0 Å². The monoisotopic (exact) mass is 195 g/mol. The van der Waals surface area contributed by atoms with Crippen LogP contribution in [0.1, 0.15) is 5.56 Å². The SMILES string of the molecule is C=CC(F)(F)Oc1ccc(C#N)cc1. The minimum Gasteiger partial charge on any atom is -0.429 e. The van der Waals surface area contributed by atoms with Crippen molar-refractivity contribution >= 4 is 0 Å². The second kappa shape index (κ2) is 3.88. The Hall–Kier alpha value is -1.89. The van der Waals surface area contributed by atoms with E-state index in [2.05, 4.69) is 11.3 Å². The molecule has 0 atom stereocenters. The summed E-state index contributed by atoms with van der Waals surface area (Å²) < 4.78 is 29.5. The maximum Gasteiger partial charge on any atom is 0.419 e. The lowest BCUT2D eigenvalue weighted by Gasteiger charge is -2.13. The highest BCUT2D eigenvalue weighted by Crippen LogP contribution is 2.22. The predicted molar refractivity (Wildman–Crippen MR) is 46.9 cm³/mol. The molecule has 2 nitrogen and oxygen atoms in total. The molecule has 1 aromatic carbocycles. The third kappa shape index (κ3) is 2.56. The zero-order chi connectivity index (χ0) is 10.6. The Morgan fingerprint density at radius 3 is 2.36 bits per heavy atom. The van der Waals surface area contributed by atoms with Crippen molar-refractivity contribution in [2.45, 2.75) is 6.11 Å². The summed E-state index contributed by atoms with van der Waals surface area (Å²) in [7, 11) is 0. The van der Waals surface area contributed by atoms with E-state index in [0.717, 1.165) is 0 Å². The highest BCUT2D eigenvalue weighted by molar-refractivity contribution is 5.34. The van der Waals surface area contributed by atoms with Gasteiger partial charge in [0.1, 0.15) is 5.75 Å². The summed E-state index contributed by atoms with van der Waals surface area (Å²) in [6, 6.07) is 7.27. The van der Waals surface area contributed by atoms with E-state index < -0.39 is 6.11 Å². The second-order valence-corrected chi connectivity index (χ2v) is 2.50. The summed E-state index contributed by atoms with van der Waals surface area (Å²) in [5.74, 6) is -0.00565. The number of halogens is 2. The summed E-state index contributed by atoms with van der Waals surface area (Å²) in [6.07, 6.45) is -2.97. The third-order valence-corrected chi connectivity index (χ3v) is 1.47. The molecule has 0 unspecified atom stereocenters. The van der Waals surface area contributed by atoms with Gasteiger partial charge in [0, 0.05) is 6.08 Å². The smallest absolute Gasteiger partial charge is 0.419 e. The van der Waals surface area contributed by atoms with Gasteiger partial charge in [-0.2, -0.15) is 14.0 Å². The number of ether oxygens (including phenoxy) is 1. The summed E-state index contributed by atoms with van der Waals surface area (Å²) in [4.78, 5) is 0. The van der Waals surface area contributed by atoms with Crippen molar-refractivity contribution in [2.24, 2.45) is 0 Å². The molecule has 0 saturated carbocycles. The molecular formula is C10H7F2NO. The van der Waals surface area contributed by atoms with Crippen molar-refractivity contribution < 1.29 is 13.5 Å². The van der Waals surface area contributed by atoms with Gasteiger partial charge in [-0.15, -0.1) is 0 Å². The number of nitrogens with zero attached hydrogens (tertiary/aromatic N) is 1. The van der Waals surface area contributed by atoms with Crippen molar-refractivity contribution in [3.05, 3.63) is 42.5 Å². The minimum absolute atomic E-state index is 0.00565. The van der Waals surface area contributed by atoms with E-state index in [-0.39, 0.29) is 5.75 Å². The van der Waals surface area contributed by atoms with Crippen LogP contribution in [-0.4, -0.2) is 6.11 Å². The van der Waals surface area contributed by atoms with E-state index in [1.807, 2.05) is 6.07 Å². The third-order valence-electron chi connectivity index (χ3n) is 1.47. The van der Waals surface area contributed by atoms with Gasteiger partial charge in [-0.1, -0.05) is 6.58 Å². The number of nitriles is 1. The lowest BCUT2D eigenvalue weighted by atomic mass is 10.2. The van der Waals surface area contributed by atoms with Crippen molar-refractivity contribution in [2.75, 3.05) is 0 Å². The molecule has 0 aliphatic rings. The number of hydrogen-bond acceptors (Lipinski definition) is 2. The first-order valence-electron chi connectivity index (χ1n) is 3.78. The Morgan fingerprint density at radius 1 is 1.36 bits per heavy atom. The first-order valence-corrected chi connectivity index (χ1v) is 3.78. The standard InChI is InChI=1S/C10H7F2NO/c1-2-10(11,12)14-9-5-3-8(7-13)4-6-9/h2-6H,1H2. The molecule has 0 aromatic heterocycles.